The van der Waals surface area contributed by atoms with E-state index in [-0.39, 0.29) is 5.56 Å². The molecule has 1 rings (SSSR count). The predicted molar refractivity (Wildman–Crippen MR) is 58.1 cm³/mol. The molecule has 0 heterocycles. The molecule has 1 aromatic rings. The number of amides is 1. The van der Waals surface area contributed by atoms with E-state index in [0.29, 0.717) is 17.8 Å². The number of nitrogens with one attached hydrogen (secondary N) is 1. The van der Waals surface area contributed by atoms with E-state index in [4.69, 9.17) is 5.73 Å². The van der Waals surface area contributed by atoms with Gasteiger partial charge in [-0.1, -0.05) is 6.08 Å². The van der Waals surface area contributed by atoms with Crippen molar-refractivity contribution in [1.82, 2.24) is 5.32 Å². The first-order valence-corrected chi connectivity index (χ1v) is 4.51. The van der Waals surface area contributed by atoms with Crippen LogP contribution < -0.4 is 11.1 Å². The zero-order chi connectivity index (χ0) is 11.4. The van der Waals surface area contributed by atoms with Crippen LogP contribution in [0.5, 0.6) is 0 Å². The maximum Gasteiger partial charge on any atom is 0.254 e. The molecule has 0 aliphatic carbocycles. The highest BCUT2D eigenvalue weighted by Gasteiger charge is 2.13. The van der Waals surface area contributed by atoms with Crippen molar-refractivity contribution in [3.63, 3.8) is 0 Å². The van der Waals surface area contributed by atoms with Gasteiger partial charge in [0.15, 0.2) is 0 Å². The molecule has 3 nitrogen and oxygen atoms in total. The maximum absolute atomic E-state index is 13.5. The number of rotatable bonds is 3. The highest BCUT2D eigenvalue weighted by molar-refractivity contribution is 5.95. The maximum atomic E-state index is 13.5. The standard InChI is InChI=1S/C11H13FN2O/c1-3-4-14-11(15)9-6-8(13)5-7(2)10(9)12/h3,5-6H,1,4,13H2,2H3,(H,14,15). The van der Waals surface area contributed by atoms with Gasteiger partial charge in [-0.2, -0.15) is 0 Å². The summed E-state index contributed by atoms with van der Waals surface area (Å²) in [6, 6.07) is 2.81. The van der Waals surface area contributed by atoms with Gasteiger partial charge in [-0.3, -0.25) is 4.79 Å². The molecule has 0 aliphatic heterocycles. The zero-order valence-electron chi connectivity index (χ0n) is 8.51. The van der Waals surface area contributed by atoms with Crippen molar-refractivity contribution in [1.29, 1.82) is 0 Å². The first-order valence-electron chi connectivity index (χ1n) is 4.51. The normalized spacial score (nSPS) is 9.73. The molecule has 0 aliphatic rings. The molecule has 3 N–H and O–H groups in total. The molecule has 1 amide bonds. The minimum absolute atomic E-state index is 0.0330. The summed E-state index contributed by atoms with van der Waals surface area (Å²) in [5.74, 6) is -1.02. The minimum atomic E-state index is -0.536. The second kappa shape index (κ2) is 4.59. The van der Waals surface area contributed by atoms with E-state index in [1.165, 1.54) is 18.2 Å². The molecule has 0 aromatic heterocycles. The topological polar surface area (TPSA) is 55.1 Å². The highest BCUT2D eigenvalue weighted by atomic mass is 19.1. The van der Waals surface area contributed by atoms with E-state index in [2.05, 4.69) is 11.9 Å². The van der Waals surface area contributed by atoms with Gasteiger partial charge < -0.3 is 11.1 Å². The summed E-state index contributed by atoms with van der Waals surface area (Å²) in [5.41, 5.74) is 6.23. The second-order valence-corrected chi connectivity index (χ2v) is 3.20. The number of benzene rings is 1. The third-order valence-electron chi connectivity index (χ3n) is 1.93. The Labute approximate surface area is 87.8 Å². The smallest absolute Gasteiger partial charge is 0.254 e. The Balaban J connectivity index is 3.02. The minimum Gasteiger partial charge on any atom is -0.399 e. The lowest BCUT2D eigenvalue weighted by Crippen LogP contribution is -2.24. The Bertz CT molecular complexity index is 402. The van der Waals surface area contributed by atoms with E-state index in [9.17, 15) is 9.18 Å². The molecular formula is C11H13FN2O. The molecule has 4 heteroatoms. The lowest BCUT2D eigenvalue weighted by Gasteiger charge is -2.07. The number of halogens is 1. The van der Waals surface area contributed by atoms with Crippen LogP contribution in [0.25, 0.3) is 0 Å². The number of hydrogen-bond donors (Lipinski definition) is 2. The van der Waals surface area contributed by atoms with Crippen molar-refractivity contribution >= 4 is 11.6 Å². The lowest BCUT2D eigenvalue weighted by atomic mass is 10.1. The van der Waals surface area contributed by atoms with Gasteiger partial charge >= 0.3 is 0 Å². The average Bonchev–Trinajstić information content (AvgIpc) is 2.19. The quantitative estimate of drug-likeness (QED) is 0.586. The molecule has 0 bridgehead atoms. The lowest BCUT2D eigenvalue weighted by molar-refractivity contribution is 0.0954. The summed E-state index contributed by atoms with van der Waals surface area (Å²) < 4.78 is 13.5. The second-order valence-electron chi connectivity index (χ2n) is 3.20. The van der Waals surface area contributed by atoms with Gasteiger partial charge in [0.1, 0.15) is 5.82 Å². The molecule has 0 unspecified atom stereocenters. The summed E-state index contributed by atoms with van der Waals surface area (Å²) >= 11 is 0. The summed E-state index contributed by atoms with van der Waals surface area (Å²) in [4.78, 5) is 11.5. The Hall–Kier alpha value is -1.84. The van der Waals surface area contributed by atoms with Crippen LogP contribution in [0.4, 0.5) is 10.1 Å². The van der Waals surface area contributed by atoms with Crippen molar-refractivity contribution in [3.05, 3.63) is 41.7 Å². The van der Waals surface area contributed by atoms with E-state index < -0.39 is 11.7 Å². The number of nitrogens with two attached hydrogens (primary N) is 1. The molecule has 0 atom stereocenters. The van der Waals surface area contributed by atoms with Gasteiger partial charge in [-0.25, -0.2) is 4.39 Å². The molecule has 0 spiro atoms. The fourth-order valence-electron chi connectivity index (χ4n) is 1.22. The van der Waals surface area contributed by atoms with Gasteiger partial charge in [0.05, 0.1) is 5.56 Å². The third kappa shape index (κ3) is 2.56. The summed E-state index contributed by atoms with van der Waals surface area (Å²) in [7, 11) is 0. The number of nitrogen functional groups attached to an aromatic ring is 1. The van der Waals surface area contributed by atoms with Crippen LogP contribution in [0.2, 0.25) is 0 Å². The van der Waals surface area contributed by atoms with E-state index in [1.54, 1.807) is 6.92 Å². The average molecular weight is 208 g/mol. The Morgan fingerprint density at radius 1 is 1.67 bits per heavy atom. The monoisotopic (exact) mass is 208 g/mol. The Morgan fingerprint density at radius 2 is 2.33 bits per heavy atom. The zero-order valence-corrected chi connectivity index (χ0v) is 8.51. The molecule has 0 fully saturated rings. The summed E-state index contributed by atoms with van der Waals surface area (Å²) in [6.45, 7) is 5.31. The predicted octanol–water partition coefficient (Wildman–Crippen LogP) is 1.63. The number of carbonyl (C=O) groups excluding carboxylic acids is 1. The van der Waals surface area contributed by atoms with Crippen molar-refractivity contribution in [2.45, 2.75) is 6.92 Å². The number of aryl methyl sites for hydroxylation is 1. The molecule has 0 saturated heterocycles. The largest absolute Gasteiger partial charge is 0.399 e. The molecule has 15 heavy (non-hydrogen) atoms. The van der Waals surface area contributed by atoms with Crippen LogP contribution in [0, 0.1) is 12.7 Å². The van der Waals surface area contributed by atoms with Crippen molar-refractivity contribution in [2.75, 3.05) is 12.3 Å². The molecule has 1 aromatic carbocycles. The Kier molecular flexibility index (Phi) is 3.44. The van der Waals surface area contributed by atoms with Crippen LogP contribution in [0.3, 0.4) is 0 Å². The molecule has 80 valence electrons. The number of hydrogen-bond acceptors (Lipinski definition) is 2. The van der Waals surface area contributed by atoms with E-state index >= 15 is 0 Å². The SMILES string of the molecule is C=CCNC(=O)c1cc(N)cc(C)c1F. The van der Waals surface area contributed by atoms with Gasteiger partial charge in [0, 0.05) is 12.2 Å². The Morgan fingerprint density at radius 3 is 2.93 bits per heavy atom. The van der Waals surface area contributed by atoms with Gasteiger partial charge in [-0.05, 0) is 24.6 Å². The first-order chi connectivity index (χ1) is 7.06. The third-order valence-corrected chi connectivity index (χ3v) is 1.93. The first kappa shape index (κ1) is 11.2. The van der Waals surface area contributed by atoms with Gasteiger partial charge in [0.25, 0.3) is 5.91 Å². The van der Waals surface area contributed by atoms with Crippen LogP contribution in [-0.2, 0) is 0 Å². The van der Waals surface area contributed by atoms with Gasteiger partial charge in [-0.15, -0.1) is 6.58 Å². The highest BCUT2D eigenvalue weighted by Crippen LogP contribution is 2.16. The fourth-order valence-corrected chi connectivity index (χ4v) is 1.22. The van der Waals surface area contributed by atoms with E-state index in [0.717, 1.165) is 0 Å². The summed E-state index contributed by atoms with van der Waals surface area (Å²) in [5, 5.41) is 2.49. The van der Waals surface area contributed by atoms with Crippen LogP contribution in [0.1, 0.15) is 15.9 Å². The van der Waals surface area contributed by atoms with Gasteiger partial charge in [0.2, 0.25) is 0 Å². The fraction of sp³-hybridized carbons (Fsp3) is 0.182. The number of carbonyl (C=O) groups is 1. The molecule has 0 saturated carbocycles. The van der Waals surface area contributed by atoms with Crippen LogP contribution >= 0.6 is 0 Å². The number of anilines is 1. The molecule has 0 radical (unpaired) electrons. The van der Waals surface area contributed by atoms with E-state index in [1.807, 2.05) is 0 Å². The van der Waals surface area contributed by atoms with Crippen molar-refractivity contribution < 1.29 is 9.18 Å². The molecular weight excluding hydrogens is 195 g/mol. The van der Waals surface area contributed by atoms with Crippen molar-refractivity contribution in [2.24, 2.45) is 0 Å². The van der Waals surface area contributed by atoms with Crippen LogP contribution in [-0.4, -0.2) is 12.5 Å². The van der Waals surface area contributed by atoms with Crippen molar-refractivity contribution in [3.8, 4) is 0 Å². The van der Waals surface area contributed by atoms with Crippen LogP contribution in [0.15, 0.2) is 24.8 Å². The summed E-state index contributed by atoms with van der Waals surface area (Å²) in [6.07, 6.45) is 1.52.